The summed E-state index contributed by atoms with van der Waals surface area (Å²) in [6.07, 6.45) is 66.5. The maximum absolute atomic E-state index is 13.0. The highest BCUT2D eigenvalue weighted by Gasteiger charge is 2.44. The van der Waals surface area contributed by atoms with Gasteiger partial charge in [-0.25, -0.2) is 0 Å². The van der Waals surface area contributed by atoms with E-state index in [-0.39, 0.29) is 18.9 Å². The molecule has 0 aromatic rings. The summed E-state index contributed by atoms with van der Waals surface area (Å²) < 4.78 is 11.2. The molecule has 0 spiro atoms. The van der Waals surface area contributed by atoms with Gasteiger partial charge in [-0.2, -0.15) is 0 Å². The molecule has 0 radical (unpaired) electrons. The van der Waals surface area contributed by atoms with Crippen LogP contribution in [-0.4, -0.2) is 87.5 Å². The quantitative estimate of drug-likeness (QED) is 0.0261. The molecule has 0 aromatic heterocycles. The van der Waals surface area contributed by atoms with Gasteiger partial charge in [0.05, 0.1) is 25.4 Å². The van der Waals surface area contributed by atoms with Crippen LogP contribution >= 0.6 is 0 Å². The molecule has 1 saturated heterocycles. The molecule has 1 heterocycles. The maximum Gasteiger partial charge on any atom is 0.220 e. The number of unbranched alkanes of at least 4 members (excludes halogenated alkanes) is 13. The Hall–Kier alpha value is -3.67. The molecule has 7 atom stereocenters. The van der Waals surface area contributed by atoms with Crippen molar-refractivity contribution in [3.8, 4) is 0 Å². The largest absolute Gasteiger partial charge is 0.394 e. The third kappa shape index (κ3) is 37.8. The van der Waals surface area contributed by atoms with Crippen molar-refractivity contribution >= 4 is 5.91 Å². The first-order valence-corrected chi connectivity index (χ1v) is 26.9. The van der Waals surface area contributed by atoms with E-state index in [1.165, 1.54) is 57.8 Å². The first-order chi connectivity index (χ1) is 33.8. The number of aliphatic hydroxyl groups is 5. The van der Waals surface area contributed by atoms with Crippen molar-refractivity contribution in [1.29, 1.82) is 0 Å². The SMILES string of the molecule is CC/C=C\C/C=C\C/C=C\C/C=C\C/C=C\C/C=C\C/C=C\C/C=C\C/C=C\CCCCCC(=O)NC(COC1OC(CO)C(O)C(O)C1O)C(O)/C=C/CC/C=C/CCCCCCCCCCC. The van der Waals surface area contributed by atoms with Crippen molar-refractivity contribution in [3.05, 3.63) is 134 Å². The van der Waals surface area contributed by atoms with E-state index in [0.717, 1.165) is 96.3 Å². The van der Waals surface area contributed by atoms with Gasteiger partial charge in [0.1, 0.15) is 24.4 Å². The lowest BCUT2D eigenvalue weighted by Gasteiger charge is -2.40. The Morgan fingerprint density at radius 1 is 0.507 bits per heavy atom. The molecule has 6 N–H and O–H groups in total. The molecule has 0 bridgehead atoms. The zero-order valence-corrected chi connectivity index (χ0v) is 43.0. The molecular weight excluding hydrogens is 863 g/mol. The van der Waals surface area contributed by atoms with E-state index in [1.54, 1.807) is 6.08 Å². The van der Waals surface area contributed by atoms with E-state index in [2.05, 4.69) is 141 Å². The molecular formula is C60H97NO8. The van der Waals surface area contributed by atoms with Gasteiger partial charge in [0.25, 0.3) is 0 Å². The summed E-state index contributed by atoms with van der Waals surface area (Å²) in [5.41, 5.74) is 0. The number of aliphatic hydroxyl groups excluding tert-OH is 5. The maximum atomic E-state index is 13.0. The third-order valence-corrected chi connectivity index (χ3v) is 11.7. The molecule has 9 heteroatoms. The van der Waals surface area contributed by atoms with Crippen LogP contribution in [0.1, 0.15) is 181 Å². The zero-order valence-electron chi connectivity index (χ0n) is 43.0. The molecule has 1 aliphatic rings. The molecule has 1 amide bonds. The van der Waals surface area contributed by atoms with Crippen LogP contribution in [0.25, 0.3) is 0 Å². The lowest BCUT2D eigenvalue weighted by molar-refractivity contribution is -0.302. The van der Waals surface area contributed by atoms with E-state index in [4.69, 9.17) is 9.47 Å². The molecule has 1 fully saturated rings. The van der Waals surface area contributed by atoms with Crippen LogP contribution in [0, 0.1) is 0 Å². The smallest absolute Gasteiger partial charge is 0.220 e. The Bertz CT molecular complexity index is 1530. The van der Waals surface area contributed by atoms with Crippen LogP contribution < -0.4 is 5.32 Å². The summed E-state index contributed by atoms with van der Waals surface area (Å²) >= 11 is 0. The van der Waals surface area contributed by atoms with Gasteiger partial charge in [-0.05, 0) is 103 Å². The van der Waals surface area contributed by atoms with Crippen molar-refractivity contribution in [3.63, 3.8) is 0 Å². The Morgan fingerprint density at radius 3 is 1.39 bits per heavy atom. The standard InChI is InChI=1S/C60H97NO8/c1-3-5-7-9-11-13-15-17-19-20-21-22-23-24-25-26-27-28-29-30-31-32-33-34-36-38-40-42-44-46-48-50-56(64)61-53(52-68-60-59(67)58(66)57(65)55(51-62)69-60)54(63)49-47-45-43-41-39-37-35-18-16-14-12-10-8-6-4-2/h5,7,11,13,17,19,21-22,24-25,27-28,30-31,33-34,38-41,47,49,53-55,57-60,62-63,65-67H,3-4,6,8-10,12,14-16,18,20,23,26,29,32,35-37,42-46,48,50-52H2,1-2H3,(H,61,64)/b7-5-,13-11-,19-17-,22-21-,25-24-,28-27-,31-30-,34-33-,40-38-,41-39+,49-47+. The normalized spacial score (nSPS) is 20.6. The number of ether oxygens (including phenoxy) is 2. The number of carbonyl (C=O) groups excluding carboxylic acids is 1. The van der Waals surface area contributed by atoms with Crippen molar-refractivity contribution in [2.45, 2.75) is 224 Å². The molecule has 9 nitrogen and oxygen atoms in total. The summed E-state index contributed by atoms with van der Waals surface area (Å²) in [7, 11) is 0. The van der Waals surface area contributed by atoms with Crippen LogP contribution in [0.5, 0.6) is 0 Å². The van der Waals surface area contributed by atoms with Crippen molar-refractivity contribution in [1.82, 2.24) is 5.32 Å². The van der Waals surface area contributed by atoms with E-state index in [1.807, 2.05) is 6.08 Å². The summed E-state index contributed by atoms with van der Waals surface area (Å²) in [4.78, 5) is 13.0. The predicted molar refractivity (Wildman–Crippen MR) is 290 cm³/mol. The second-order valence-corrected chi connectivity index (χ2v) is 17.9. The number of amides is 1. The second-order valence-electron chi connectivity index (χ2n) is 17.9. The minimum Gasteiger partial charge on any atom is -0.394 e. The molecule has 69 heavy (non-hydrogen) atoms. The molecule has 0 aliphatic carbocycles. The first-order valence-electron chi connectivity index (χ1n) is 26.9. The van der Waals surface area contributed by atoms with Gasteiger partial charge in [-0.15, -0.1) is 0 Å². The molecule has 1 rings (SSSR count). The van der Waals surface area contributed by atoms with Gasteiger partial charge in [0.15, 0.2) is 6.29 Å². The number of hydrogen-bond acceptors (Lipinski definition) is 8. The summed E-state index contributed by atoms with van der Waals surface area (Å²) in [5.74, 6) is -0.226. The Balaban J connectivity index is 2.31. The number of carbonyl (C=O) groups is 1. The lowest BCUT2D eigenvalue weighted by Crippen LogP contribution is -2.60. The van der Waals surface area contributed by atoms with Crippen LogP contribution in [0.4, 0.5) is 0 Å². The van der Waals surface area contributed by atoms with Gasteiger partial charge in [-0.3, -0.25) is 4.79 Å². The number of nitrogens with one attached hydrogen (secondary N) is 1. The molecule has 1 aliphatic heterocycles. The fourth-order valence-corrected chi connectivity index (χ4v) is 7.46. The third-order valence-electron chi connectivity index (χ3n) is 11.7. The molecule has 0 aromatic carbocycles. The van der Waals surface area contributed by atoms with Crippen LogP contribution in [0.3, 0.4) is 0 Å². The van der Waals surface area contributed by atoms with Crippen LogP contribution in [-0.2, 0) is 14.3 Å². The fraction of sp³-hybridized carbons (Fsp3) is 0.617. The predicted octanol–water partition coefficient (Wildman–Crippen LogP) is 12.9. The summed E-state index contributed by atoms with van der Waals surface area (Å²) in [5, 5.41) is 54.3. The van der Waals surface area contributed by atoms with Gasteiger partial charge in [0, 0.05) is 6.42 Å². The van der Waals surface area contributed by atoms with Gasteiger partial charge >= 0.3 is 0 Å². The van der Waals surface area contributed by atoms with E-state index in [0.29, 0.717) is 6.42 Å². The van der Waals surface area contributed by atoms with Crippen molar-refractivity contribution in [2.24, 2.45) is 0 Å². The molecule has 0 saturated carbocycles. The summed E-state index contributed by atoms with van der Waals surface area (Å²) in [6, 6.07) is -0.850. The van der Waals surface area contributed by atoms with Gasteiger partial charge < -0.3 is 40.3 Å². The monoisotopic (exact) mass is 960 g/mol. The number of hydrogen-bond donors (Lipinski definition) is 6. The Kier molecular flexibility index (Phi) is 44.0. The zero-order chi connectivity index (χ0) is 50.1. The summed E-state index contributed by atoms with van der Waals surface area (Å²) in [6.45, 7) is 3.60. The van der Waals surface area contributed by atoms with Gasteiger partial charge in [-0.1, -0.05) is 205 Å². The highest BCUT2D eigenvalue weighted by Crippen LogP contribution is 2.22. The first kappa shape index (κ1) is 63.3. The highest BCUT2D eigenvalue weighted by atomic mass is 16.7. The lowest BCUT2D eigenvalue weighted by atomic mass is 9.99. The number of allylic oxidation sites excluding steroid dienone is 21. The highest BCUT2D eigenvalue weighted by molar-refractivity contribution is 5.76. The average Bonchev–Trinajstić information content (AvgIpc) is 3.35. The fourth-order valence-electron chi connectivity index (χ4n) is 7.46. The van der Waals surface area contributed by atoms with Crippen LogP contribution in [0.15, 0.2) is 134 Å². The Morgan fingerprint density at radius 2 is 0.913 bits per heavy atom. The van der Waals surface area contributed by atoms with Crippen LogP contribution in [0.2, 0.25) is 0 Å². The molecule has 7 unspecified atom stereocenters. The van der Waals surface area contributed by atoms with E-state index >= 15 is 0 Å². The van der Waals surface area contributed by atoms with Crippen molar-refractivity contribution < 1.29 is 39.8 Å². The molecule has 390 valence electrons. The van der Waals surface area contributed by atoms with Gasteiger partial charge in [0.2, 0.25) is 5.91 Å². The average molecular weight is 960 g/mol. The topological polar surface area (TPSA) is 149 Å². The second kappa shape index (κ2) is 48.0. The van der Waals surface area contributed by atoms with Crippen molar-refractivity contribution in [2.75, 3.05) is 13.2 Å². The minimum atomic E-state index is -1.59. The minimum absolute atomic E-state index is 0.224. The number of rotatable bonds is 43. The van der Waals surface area contributed by atoms with E-state index in [9.17, 15) is 30.3 Å². The van der Waals surface area contributed by atoms with E-state index < -0.39 is 49.5 Å². The Labute approximate surface area is 420 Å².